The summed E-state index contributed by atoms with van der Waals surface area (Å²) >= 11 is 0. The lowest BCUT2D eigenvalue weighted by Gasteiger charge is -2.07. The summed E-state index contributed by atoms with van der Waals surface area (Å²) in [4.78, 5) is 24.0. The summed E-state index contributed by atoms with van der Waals surface area (Å²) in [7, 11) is 0. The Labute approximate surface area is 114 Å². The zero-order chi connectivity index (χ0) is 13.7. The van der Waals surface area contributed by atoms with Crippen molar-refractivity contribution in [1.82, 2.24) is 5.32 Å². The van der Waals surface area contributed by atoms with E-state index in [1.165, 1.54) is 0 Å². The summed E-state index contributed by atoms with van der Waals surface area (Å²) < 4.78 is 0. The average Bonchev–Trinajstić information content (AvgIpc) is 2.61. The quantitative estimate of drug-likeness (QED) is 0.652. The van der Waals surface area contributed by atoms with E-state index in [0.717, 1.165) is 37.7 Å². The van der Waals surface area contributed by atoms with Crippen LogP contribution in [0.25, 0.3) is 0 Å². The van der Waals surface area contributed by atoms with Crippen molar-refractivity contribution in [3.05, 3.63) is 34.9 Å². The number of carbonyl (C=O) groups is 2. The molecule has 19 heavy (non-hydrogen) atoms. The maximum Gasteiger partial charge on any atom is 0.251 e. The first-order valence-corrected chi connectivity index (χ1v) is 7.16. The van der Waals surface area contributed by atoms with Gasteiger partial charge in [-0.05, 0) is 30.9 Å². The van der Waals surface area contributed by atoms with Gasteiger partial charge in [-0.25, -0.2) is 0 Å². The lowest BCUT2D eigenvalue weighted by molar-refractivity contribution is 0.0956. The molecule has 0 bridgehead atoms. The molecular weight excluding hydrogens is 238 g/mol. The molecule has 102 valence electrons. The van der Waals surface area contributed by atoms with E-state index in [1.807, 2.05) is 12.1 Å². The van der Waals surface area contributed by atoms with Crippen LogP contribution in [0, 0.1) is 0 Å². The number of hydrogen-bond donors (Lipinski definition) is 1. The van der Waals surface area contributed by atoms with Gasteiger partial charge in [0.1, 0.15) is 0 Å². The van der Waals surface area contributed by atoms with E-state index in [4.69, 9.17) is 0 Å². The number of aryl methyl sites for hydroxylation is 1. The van der Waals surface area contributed by atoms with Gasteiger partial charge in [0.15, 0.2) is 5.78 Å². The number of hydrogen-bond acceptors (Lipinski definition) is 2. The fourth-order valence-corrected chi connectivity index (χ4v) is 2.44. The van der Waals surface area contributed by atoms with Crippen molar-refractivity contribution in [2.24, 2.45) is 0 Å². The molecule has 1 aromatic carbocycles. The zero-order valence-corrected chi connectivity index (χ0v) is 11.5. The van der Waals surface area contributed by atoms with Crippen LogP contribution in [0.4, 0.5) is 0 Å². The molecule has 0 saturated heterocycles. The molecule has 1 N–H and O–H groups in total. The highest BCUT2D eigenvalue weighted by Crippen LogP contribution is 2.18. The Hall–Kier alpha value is -1.64. The van der Waals surface area contributed by atoms with E-state index < -0.39 is 0 Å². The van der Waals surface area contributed by atoms with Gasteiger partial charge in [0.05, 0.1) is 0 Å². The minimum Gasteiger partial charge on any atom is -0.352 e. The van der Waals surface area contributed by atoms with E-state index in [0.29, 0.717) is 24.1 Å². The van der Waals surface area contributed by atoms with Crippen LogP contribution in [-0.2, 0) is 6.42 Å². The lowest BCUT2D eigenvalue weighted by Crippen LogP contribution is -2.22. The van der Waals surface area contributed by atoms with Crippen LogP contribution in [0.15, 0.2) is 18.2 Å². The molecule has 0 aromatic heterocycles. The van der Waals surface area contributed by atoms with Crippen LogP contribution in [0.2, 0.25) is 0 Å². The Morgan fingerprint density at radius 3 is 2.95 bits per heavy atom. The van der Waals surface area contributed by atoms with Gasteiger partial charge in [-0.3, -0.25) is 9.59 Å². The summed E-state index contributed by atoms with van der Waals surface area (Å²) in [5.74, 6) is 0.101. The Balaban J connectivity index is 2.15. The Morgan fingerprint density at radius 1 is 1.32 bits per heavy atom. The van der Waals surface area contributed by atoms with E-state index in [9.17, 15) is 9.59 Å². The first kappa shape index (κ1) is 13.8. The van der Waals surface area contributed by atoms with Gasteiger partial charge in [-0.15, -0.1) is 0 Å². The molecular formula is C16H21NO2. The molecule has 0 unspecified atom stereocenters. The van der Waals surface area contributed by atoms with Gasteiger partial charge in [-0.1, -0.05) is 31.9 Å². The Kier molecular flexibility index (Phi) is 4.72. The van der Waals surface area contributed by atoms with Gasteiger partial charge in [-0.2, -0.15) is 0 Å². The van der Waals surface area contributed by atoms with Gasteiger partial charge >= 0.3 is 0 Å². The monoisotopic (exact) mass is 259 g/mol. The van der Waals surface area contributed by atoms with Crippen LogP contribution in [0.1, 0.15) is 65.3 Å². The van der Waals surface area contributed by atoms with Gasteiger partial charge in [0.2, 0.25) is 0 Å². The normalized spacial score (nSPS) is 14.5. The number of nitrogens with one attached hydrogen (secondary N) is 1. The molecule has 0 saturated carbocycles. The third-order valence-electron chi connectivity index (χ3n) is 3.59. The standard InChI is InChI=1S/C16H21NO2/c1-2-3-4-7-15(18)13-9-8-12-6-5-10-17-16(19)14(12)11-13/h8-9,11H,2-7,10H2,1H3,(H,17,19). The second-order valence-corrected chi connectivity index (χ2v) is 5.11. The van der Waals surface area contributed by atoms with E-state index in [-0.39, 0.29) is 11.7 Å². The number of amides is 1. The smallest absolute Gasteiger partial charge is 0.251 e. The molecule has 0 radical (unpaired) electrons. The van der Waals surface area contributed by atoms with Crippen molar-refractivity contribution in [2.75, 3.05) is 6.54 Å². The van der Waals surface area contributed by atoms with Crippen LogP contribution < -0.4 is 5.32 Å². The van der Waals surface area contributed by atoms with E-state index >= 15 is 0 Å². The van der Waals surface area contributed by atoms with Crippen molar-refractivity contribution < 1.29 is 9.59 Å². The van der Waals surface area contributed by atoms with Crippen molar-refractivity contribution in [3.63, 3.8) is 0 Å². The molecule has 0 atom stereocenters. The van der Waals surface area contributed by atoms with Gasteiger partial charge in [0, 0.05) is 24.1 Å². The predicted molar refractivity (Wildman–Crippen MR) is 75.6 cm³/mol. The van der Waals surface area contributed by atoms with Gasteiger partial charge < -0.3 is 5.32 Å². The first-order chi connectivity index (χ1) is 9.22. The second kappa shape index (κ2) is 6.50. The molecule has 0 aliphatic carbocycles. The van der Waals surface area contributed by atoms with Crippen LogP contribution in [0.3, 0.4) is 0 Å². The van der Waals surface area contributed by atoms with E-state index in [1.54, 1.807) is 6.07 Å². The van der Waals surface area contributed by atoms with E-state index in [2.05, 4.69) is 12.2 Å². The Bertz CT molecular complexity index is 480. The molecule has 1 heterocycles. The largest absolute Gasteiger partial charge is 0.352 e. The number of fused-ring (bicyclic) bond motifs is 1. The summed E-state index contributed by atoms with van der Waals surface area (Å²) in [6, 6.07) is 5.57. The fraction of sp³-hybridized carbons (Fsp3) is 0.500. The van der Waals surface area contributed by atoms with Crippen molar-refractivity contribution in [2.45, 2.75) is 45.4 Å². The number of unbranched alkanes of at least 4 members (excludes halogenated alkanes) is 2. The number of benzene rings is 1. The zero-order valence-electron chi connectivity index (χ0n) is 11.5. The maximum atomic E-state index is 12.1. The first-order valence-electron chi connectivity index (χ1n) is 7.16. The number of Topliss-reactive ketones (excluding diaryl/α,β-unsaturated/α-hetero) is 1. The van der Waals surface area contributed by atoms with Crippen LogP contribution in [0.5, 0.6) is 0 Å². The molecule has 3 heteroatoms. The fourth-order valence-electron chi connectivity index (χ4n) is 2.44. The summed E-state index contributed by atoms with van der Waals surface area (Å²) in [6.45, 7) is 2.84. The third kappa shape index (κ3) is 3.43. The number of carbonyl (C=O) groups excluding carboxylic acids is 2. The lowest BCUT2D eigenvalue weighted by atomic mass is 9.97. The third-order valence-corrected chi connectivity index (χ3v) is 3.59. The number of ketones is 1. The molecule has 0 fully saturated rings. The molecule has 2 rings (SSSR count). The molecule has 3 nitrogen and oxygen atoms in total. The van der Waals surface area contributed by atoms with Gasteiger partial charge in [0.25, 0.3) is 5.91 Å². The highest BCUT2D eigenvalue weighted by molar-refractivity contribution is 6.01. The molecule has 0 spiro atoms. The van der Waals surface area contributed by atoms with Crippen LogP contribution in [-0.4, -0.2) is 18.2 Å². The summed E-state index contributed by atoms with van der Waals surface area (Å²) in [5, 5.41) is 2.87. The molecule has 1 amide bonds. The molecule has 1 aliphatic rings. The van der Waals surface area contributed by atoms with Crippen molar-refractivity contribution in [1.29, 1.82) is 0 Å². The van der Waals surface area contributed by atoms with Crippen molar-refractivity contribution in [3.8, 4) is 0 Å². The topological polar surface area (TPSA) is 46.2 Å². The minimum atomic E-state index is -0.0456. The molecule has 1 aromatic rings. The summed E-state index contributed by atoms with van der Waals surface area (Å²) in [5.41, 5.74) is 2.41. The predicted octanol–water partition coefficient (Wildman–Crippen LogP) is 3.13. The minimum absolute atomic E-state index is 0.0456. The summed E-state index contributed by atoms with van der Waals surface area (Å²) in [6.07, 6.45) is 5.56. The van der Waals surface area contributed by atoms with Crippen LogP contribution >= 0.6 is 0 Å². The second-order valence-electron chi connectivity index (χ2n) is 5.11. The highest BCUT2D eigenvalue weighted by atomic mass is 16.1. The maximum absolute atomic E-state index is 12.1. The van der Waals surface area contributed by atoms with Crippen molar-refractivity contribution >= 4 is 11.7 Å². The highest BCUT2D eigenvalue weighted by Gasteiger charge is 2.17. The number of rotatable bonds is 5. The average molecular weight is 259 g/mol. The Morgan fingerprint density at radius 2 is 2.16 bits per heavy atom. The molecule has 1 aliphatic heterocycles. The SMILES string of the molecule is CCCCCC(=O)c1ccc2c(c1)C(=O)NCCC2.